The van der Waals surface area contributed by atoms with Crippen LogP contribution in [0.3, 0.4) is 0 Å². The Labute approximate surface area is 110 Å². The van der Waals surface area contributed by atoms with E-state index in [2.05, 4.69) is 5.32 Å². The second-order valence-corrected chi connectivity index (χ2v) is 4.58. The number of likely N-dealkylation sites (N-methyl/N-ethyl adjacent to an activating group) is 1. The number of hydrogen-bond donors (Lipinski definition) is 3. The Balaban J connectivity index is 2.43. The molecule has 2 rings (SSSR count). The van der Waals surface area contributed by atoms with E-state index < -0.39 is 18.3 Å². The molecule has 0 saturated heterocycles. The molecule has 2 atom stereocenters. The van der Waals surface area contributed by atoms with Gasteiger partial charge < -0.3 is 19.9 Å². The minimum Gasteiger partial charge on any atom is -0.464 e. The Bertz CT molecular complexity index is 542. The minimum absolute atomic E-state index is 0.128. The van der Waals surface area contributed by atoms with Crippen LogP contribution in [0, 0.1) is 0 Å². The lowest BCUT2D eigenvalue weighted by Crippen LogP contribution is -2.49. The number of furan rings is 1. The lowest BCUT2D eigenvalue weighted by molar-refractivity contribution is -0.0293. The highest BCUT2D eigenvalue weighted by molar-refractivity contribution is 5.77. The van der Waals surface area contributed by atoms with Gasteiger partial charge in [-0.15, -0.1) is 0 Å². The third kappa shape index (κ3) is 2.49. The summed E-state index contributed by atoms with van der Waals surface area (Å²) in [7, 11) is 1.63. The lowest BCUT2D eigenvalue weighted by Gasteiger charge is -2.34. The normalized spacial score (nSPS) is 16.4. The fourth-order valence-electron chi connectivity index (χ4n) is 2.35. The molecule has 0 aliphatic heterocycles. The average molecular weight is 267 g/mol. The van der Waals surface area contributed by atoms with Crippen molar-refractivity contribution in [3.05, 3.63) is 36.1 Å². The summed E-state index contributed by atoms with van der Waals surface area (Å²) in [5.74, 6) is 0. The molecule has 1 heterocycles. The quantitative estimate of drug-likeness (QED) is 0.743. The number of alkyl halides is 1. The van der Waals surface area contributed by atoms with E-state index in [-0.39, 0.29) is 13.0 Å². The molecule has 4 nitrogen and oxygen atoms in total. The number of aliphatic hydroxyl groups excluding tert-OH is 1. The van der Waals surface area contributed by atoms with Gasteiger partial charge in [0.05, 0.1) is 6.26 Å². The fourth-order valence-corrected chi connectivity index (χ4v) is 2.35. The molecule has 1 aromatic heterocycles. The van der Waals surface area contributed by atoms with E-state index in [9.17, 15) is 9.50 Å². The van der Waals surface area contributed by atoms with Crippen molar-refractivity contribution in [2.75, 3.05) is 20.3 Å². The molecule has 1 aromatic carbocycles. The number of fused-ring (bicyclic) bond motifs is 1. The van der Waals surface area contributed by atoms with Crippen LogP contribution in [0.4, 0.5) is 4.39 Å². The Morgan fingerprint density at radius 2 is 2.21 bits per heavy atom. The fraction of sp³-hybridized carbons (Fsp3) is 0.429. The molecule has 0 bridgehead atoms. The molecule has 0 aliphatic carbocycles. The van der Waals surface area contributed by atoms with Crippen LogP contribution in [0.2, 0.25) is 0 Å². The van der Waals surface area contributed by atoms with Gasteiger partial charge in [-0.05, 0) is 31.2 Å². The van der Waals surface area contributed by atoms with Crippen molar-refractivity contribution in [1.29, 1.82) is 0 Å². The van der Waals surface area contributed by atoms with Crippen molar-refractivity contribution < 1.29 is 19.0 Å². The highest BCUT2D eigenvalue weighted by Gasteiger charge is 2.38. The summed E-state index contributed by atoms with van der Waals surface area (Å²) in [4.78, 5) is 0. The molecular weight excluding hydrogens is 249 g/mol. The van der Waals surface area contributed by atoms with Gasteiger partial charge in [0.15, 0.2) is 0 Å². The van der Waals surface area contributed by atoms with Crippen LogP contribution in [0.15, 0.2) is 34.9 Å². The Morgan fingerprint density at radius 1 is 1.42 bits per heavy atom. The van der Waals surface area contributed by atoms with Crippen LogP contribution < -0.4 is 5.32 Å². The first-order valence-electron chi connectivity index (χ1n) is 6.20. The maximum absolute atomic E-state index is 13.4. The number of aliphatic hydroxyl groups is 2. The second-order valence-electron chi connectivity index (χ2n) is 4.58. The smallest absolute Gasteiger partial charge is 0.134 e. The Morgan fingerprint density at radius 3 is 2.84 bits per heavy atom. The van der Waals surface area contributed by atoms with Crippen LogP contribution in [0.5, 0.6) is 0 Å². The van der Waals surface area contributed by atoms with Gasteiger partial charge in [-0.25, -0.2) is 4.39 Å². The van der Waals surface area contributed by atoms with E-state index in [1.165, 1.54) is 0 Å². The van der Waals surface area contributed by atoms with Gasteiger partial charge in [0.25, 0.3) is 0 Å². The summed E-state index contributed by atoms with van der Waals surface area (Å²) in [5.41, 5.74) is -0.646. The van der Waals surface area contributed by atoms with E-state index in [0.29, 0.717) is 11.1 Å². The van der Waals surface area contributed by atoms with Crippen LogP contribution in [-0.2, 0) is 5.60 Å². The van der Waals surface area contributed by atoms with E-state index in [0.717, 1.165) is 5.39 Å². The molecule has 0 unspecified atom stereocenters. The summed E-state index contributed by atoms with van der Waals surface area (Å²) in [5, 5.41) is 23.4. The SMILES string of the molecule is CN[C@@H](CCO)[C@@](O)(CF)c1ccc2ccoc2c1. The number of benzene rings is 1. The lowest BCUT2D eigenvalue weighted by atomic mass is 9.85. The maximum atomic E-state index is 13.4. The first kappa shape index (κ1) is 14.0. The van der Waals surface area contributed by atoms with Gasteiger partial charge in [0.2, 0.25) is 0 Å². The molecule has 19 heavy (non-hydrogen) atoms. The molecule has 0 fully saturated rings. The van der Waals surface area contributed by atoms with E-state index >= 15 is 0 Å². The highest BCUT2D eigenvalue weighted by atomic mass is 19.1. The van der Waals surface area contributed by atoms with Gasteiger partial charge in [0.1, 0.15) is 17.9 Å². The Hall–Kier alpha value is -1.43. The minimum atomic E-state index is -1.68. The molecule has 0 saturated carbocycles. The van der Waals surface area contributed by atoms with Gasteiger partial charge in [-0.1, -0.05) is 12.1 Å². The van der Waals surface area contributed by atoms with Crippen LogP contribution in [0.25, 0.3) is 11.0 Å². The number of halogens is 1. The zero-order valence-corrected chi connectivity index (χ0v) is 10.8. The number of rotatable bonds is 6. The standard InChI is InChI=1S/C14H18FNO3/c1-16-13(4-6-17)14(18,9-15)11-3-2-10-5-7-19-12(10)8-11/h2-3,5,7-8,13,16-18H,4,6,9H2,1H3/t13-,14+/m0/s1. The van der Waals surface area contributed by atoms with Gasteiger partial charge in [-0.2, -0.15) is 0 Å². The average Bonchev–Trinajstić information content (AvgIpc) is 2.91. The molecule has 0 aliphatic rings. The summed E-state index contributed by atoms with van der Waals surface area (Å²) in [6, 6.07) is 6.32. The molecular formula is C14H18FNO3. The maximum Gasteiger partial charge on any atom is 0.134 e. The third-order valence-corrected chi connectivity index (χ3v) is 3.50. The Kier molecular flexibility index (Phi) is 4.19. The van der Waals surface area contributed by atoms with Crippen molar-refractivity contribution >= 4 is 11.0 Å². The molecule has 0 radical (unpaired) electrons. The van der Waals surface area contributed by atoms with Crippen molar-refractivity contribution in [1.82, 2.24) is 5.32 Å². The van der Waals surface area contributed by atoms with Gasteiger partial charge in [0, 0.05) is 18.0 Å². The zero-order chi connectivity index (χ0) is 13.9. The number of nitrogens with one attached hydrogen (secondary N) is 1. The van der Waals surface area contributed by atoms with Crippen molar-refractivity contribution in [2.45, 2.75) is 18.1 Å². The van der Waals surface area contributed by atoms with Crippen LogP contribution >= 0.6 is 0 Å². The van der Waals surface area contributed by atoms with E-state index in [1.807, 2.05) is 0 Å². The monoisotopic (exact) mass is 267 g/mol. The largest absolute Gasteiger partial charge is 0.464 e. The van der Waals surface area contributed by atoms with Gasteiger partial charge in [-0.3, -0.25) is 0 Å². The molecule has 104 valence electrons. The summed E-state index contributed by atoms with van der Waals surface area (Å²) in [6.07, 6.45) is 1.80. The predicted octanol–water partition coefficient (Wildman–Crippen LogP) is 1.56. The molecule has 5 heteroatoms. The van der Waals surface area contributed by atoms with Gasteiger partial charge >= 0.3 is 0 Å². The summed E-state index contributed by atoms with van der Waals surface area (Å²) >= 11 is 0. The summed E-state index contributed by atoms with van der Waals surface area (Å²) < 4.78 is 18.7. The molecule has 0 spiro atoms. The highest BCUT2D eigenvalue weighted by Crippen LogP contribution is 2.30. The van der Waals surface area contributed by atoms with Crippen molar-refractivity contribution in [2.24, 2.45) is 0 Å². The summed E-state index contributed by atoms with van der Waals surface area (Å²) in [6.45, 7) is -1.07. The zero-order valence-electron chi connectivity index (χ0n) is 10.8. The molecule has 3 N–H and O–H groups in total. The van der Waals surface area contributed by atoms with E-state index in [1.54, 1.807) is 37.6 Å². The van der Waals surface area contributed by atoms with E-state index in [4.69, 9.17) is 9.52 Å². The second kappa shape index (κ2) is 5.69. The molecule has 2 aromatic rings. The first-order chi connectivity index (χ1) is 9.15. The number of hydrogen-bond acceptors (Lipinski definition) is 4. The molecule has 0 amide bonds. The predicted molar refractivity (Wildman–Crippen MR) is 70.6 cm³/mol. The first-order valence-corrected chi connectivity index (χ1v) is 6.20. The van der Waals surface area contributed by atoms with Crippen LogP contribution in [0.1, 0.15) is 12.0 Å². The topological polar surface area (TPSA) is 65.6 Å². The van der Waals surface area contributed by atoms with Crippen molar-refractivity contribution in [3.63, 3.8) is 0 Å². The van der Waals surface area contributed by atoms with Crippen molar-refractivity contribution in [3.8, 4) is 0 Å². The van der Waals surface area contributed by atoms with Crippen LogP contribution in [-0.4, -0.2) is 36.6 Å². The third-order valence-electron chi connectivity index (χ3n) is 3.50.